The Hall–Kier alpha value is -1.88. The van der Waals surface area contributed by atoms with E-state index in [1.165, 1.54) is 11.1 Å². The zero-order chi connectivity index (χ0) is 19.4. The van der Waals surface area contributed by atoms with Gasteiger partial charge in [-0.2, -0.15) is 0 Å². The number of morpholine rings is 1. The van der Waals surface area contributed by atoms with Crippen molar-refractivity contribution in [3.05, 3.63) is 35.4 Å². The highest BCUT2D eigenvalue weighted by Crippen LogP contribution is 2.32. The van der Waals surface area contributed by atoms with Gasteiger partial charge in [0, 0.05) is 39.5 Å². The van der Waals surface area contributed by atoms with E-state index in [2.05, 4.69) is 38.1 Å². The summed E-state index contributed by atoms with van der Waals surface area (Å²) in [6.07, 6.45) is 3.14. The van der Waals surface area contributed by atoms with E-state index in [9.17, 15) is 9.59 Å². The molecule has 0 bridgehead atoms. The van der Waals surface area contributed by atoms with Gasteiger partial charge in [-0.25, -0.2) is 0 Å². The predicted octanol–water partition coefficient (Wildman–Crippen LogP) is 3.12. The zero-order valence-corrected chi connectivity index (χ0v) is 16.9. The van der Waals surface area contributed by atoms with E-state index in [-0.39, 0.29) is 23.3 Å². The van der Waals surface area contributed by atoms with Crippen molar-refractivity contribution in [3.63, 3.8) is 0 Å². The van der Waals surface area contributed by atoms with Crippen LogP contribution >= 0.6 is 0 Å². The number of carbonyl (C=O) groups is 2. The van der Waals surface area contributed by atoms with Crippen molar-refractivity contribution >= 4 is 11.8 Å². The number of aryl methyl sites for hydroxylation is 1. The van der Waals surface area contributed by atoms with Crippen molar-refractivity contribution in [2.24, 2.45) is 0 Å². The molecule has 1 atom stereocenters. The highest BCUT2D eigenvalue weighted by molar-refractivity contribution is 5.77. The summed E-state index contributed by atoms with van der Waals surface area (Å²) < 4.78 is 6.07. The van der Waals surface area contributed by atoms with E-state index in [4.69, 9.17) is 4.74 Å². The van der Waals surface area contributed by atoms with Crippen molar-refractivity contribution in [3.8, 4) is 0 Å². The summed E-state index contributed by atoms with van der Waals surface area (Å²) in [5, 5.41) is 0. The maximum absolute atomic E-state index is 12.9. The number of likely N-dealkylation sites (tertiary alicyclic amines) is 1. The number of ether oxygens (including phenoxy) is 1. The lowest BCUT2D eigenvalue weighted by Gasteiger charge is -2.47. The number of nitrogens with zero attached hydrogens (tertiary/aromatic N) is 2. The van der Waals surface area contributed by atoms with Gasteiger partial charge in [-0.3, -0.25) is 9.59 Å². The maximum atomic E-state index is 12.9. The van der Waals surface area contributed by atoms with Crippen molar-refractivity contribution in [2.75, 3.05) is 32.8 Å². The highest BCUT2D eigenvalue weighted by atomic mass is 16.5. The summed E-state index contributed by atoms with van der Waals surface area (Å²) in [6, 6.07) is 8.53. The van der Waals surface area contributed by atoms with Gasteiger partial charge < -0.3 is 14.5 Å². The summed E-state index contributed by atoms with van der Waals surface area (Å²) in [7, 11) is 0. The van der Waals surface area contributed by atoms with E-state index in [1.807, 2.05) is 9.80 Å². The summed E-state index contributed by atoms with van der Waals surface area (Å²) in [5.74, 6) is 0.615. The van der Waals surface area contributed by atoms with Crippen LogP contribution in [-0.2, 0) is 14.3 Å². The Bertz CT molecular complexity index is 663. The van der Waals surface area contributed by atoms with Crippen LogP contribution in [-0.4, -0.2) is 60.0 Å². The Kier molecular flexibility index (Phi) is 6.20. The first-order valence-corrected chi connectivity index (χ1v) is 10.2. The summed E-state index contributed by atoms with van der Waals surface area (Å²) in [5.41, 5.74) is 2.23. The molecule has 0 N–H and O–H groups in total. The van der Waals surface area contributed by atoms with Gasteiger partial charge in [-0.15, -0.1) is 0 Å². The lowest BCUT2D eigenvalue weighted by molar-refractivity contribution is -0.161. The van der Waals surface area contributed by atoms with Gasteiger partial charge in [0.1, 0.15) is 0 Å². The van der Waals surface area contributed by atoms with Gasteiger partial charge in [0.05, 0.1) is 12.2 Å². The van der Waals surface area contributed by atoms with Crippen LogP contribution in [0.15, 0.2) is 24.3 Å². The smallest absolute Gasteiger partial charge is 0.223 e. The van der Waals surface area contributed by atoms with Gasteiger partial charge in [-0.1, -0.05) is 36.8 Å². The fourth-order valence-corrected chi connectivity index (χ4v) is 4.26. The van der Waals surface area contributed by atoms with Crippen LogP contribution in [0.4, 0.5) is 0 Å². The van der Waals surface area contributed by atoms with E-state index in [0.717, 1.165) is 32.4 Å². The Morgan fingerprint density at radius 2 is 1.78 bits per heavy atom. The normalized spacial score (nSPS) is 20.6. The highest BCUT2D eigenvalue weighted by Gasteiger charge is 2.41. The molecule has 2 fully saturated rings. The lowest BCUT2D eigenvalue weighted by atomic mass is 9.88. The van der Waals surface area contributed by atoms with Gasteiger partial charge in [0.15, 0.2) is 0 Å². The SMILES string of the molecule is CCC(CC(=O)N1CCC2(CC1)CN(C(C)=O)CCO2)c1ccc(C)cc1. The van der Waals surface area contributed by atoms with E-state index in [0.29, 0.717) is 26.1 Å². The minimum atomic E-state index is -0.262. The average molecular weight is 373 g/mol. The summed E-state index contributed by atoms with van der Waals surface area (Å²) >= 11 is 0. The van der Waals surface area contributed by atoms with Crippen LogP contribution < -0.4 is 0 Å². The summed E-state index contributed by atoms with van der Waals surface area (Å²) in [6.45, 7) is 9.21. The fraction of sp³-hybridized carbons (Fsp3) is 0.636. The van der Waals surface area contributed by atoms with Crippen LogP contribution in [0.25, 0.3) is 0 Å². The Labute approximate surface area is 162 Å². The third kappa shape index (κ3) is 4.70. The first kappa shape index (κ1) is 19.9. The van der Waals surface area contributed by atoms with Gasteiger partial charge in [0.2, 0.25) is 11.8 Å². The molecule has 1 aromatic carbocycles. The van der Waals surface area contributed by atoms with Crippen molar-refractivity contribution in [1.29, 1.82) is 0 Å². The minimum Gasteiger partial charge on any atom is -0.371 e. The molecular weight excluding hydrogens is 340 g/mol. The molecule has 148 valence electrons. The zero-order valence-electron chi connectivity index (χ0n) is 16.9. The number of amides is 2. The topological polar surface area (TPSA) is 49.9 Å². The lowest BCUT2D eigenvalue weighted by Crippen LogP contribution is -2.58. The second-order valence-corrected chi connectivity index (χ2v) is 8.07. The quantitative estimate of drug-likeness (QED) is 0.816. The Balaban J connectivity index is 1.56. The Morgan fingerprint density at radius 1 is 1.11 bits per heavy atom. The molecule has 2 heterocycles. The number of hydrogen-bond acceptors (Lipinski definition) is 3. The molecule has 0 radical (unpaired) electrons. The molecule has 0 aliphatic carbocycles. The molecule has 1 aromatic rings. The molecule has 27 heavy (non-hydrogen) atoms. The predicted molar refractivity (Wildman–Crippen MR) is 106 cm³/mol. The molecule has 2 saturated heterocycles. The van der Waals surface area contributed by atoms with E-state index in [1.54, 1.807) is 6.92 Å². The number of carbonyl (C=O) groups excluding carboxylic acids is 2. The molecule has 3 rings (SSSR count). The largest absolute Gasteiger partial charge is 0.371 e. The molecule has 5 nitrogen and oxygen atoms in total. The standard InChI is InChI=1S/C22H32N2O3/c1-4-19(20-7-5-17(2)6-8-20)15-21(26)23-11-9-22(10-12-23)16-24(18(3)25)13-14-27-22/h5-8,19H,4,9-16H2,1-3H3. The van der Waals surface area contributed by atoms with Crippen LogP contribution in [0, 0.1) is 6.92 Å². The molecule has 2 aliphatic rings. The number of hydrogen-bond donors (Lipinski definition) is 0. The third-order valence-corrected chi connectivity index (χ3v) is 6.18. The van der Waals surface area contributed by atoms with Crippen LogP contribution in [0.2, 0.25) is 0 Å². The van der Waals surface area contributed by atoms with Crippen molar-refractivity contribution < 1.29 is 14.3 Å². The monoisotopic (exact) mass is 372 g/mol. The molecule has 0 saturated carbocycles. The molecular formula is C22H32N2O3. The second kappa shape index (κ2) is 8.42. The maximum Gasteiger partial charge on any atom is 0.223 e. The van der Waals surface area contributed by atoms with Crippen molar-refractivity contribution in [1.82, 2.24) is 9.80 Å². The third-order valence-electron chi connectivity index (χ3n) is 6.18. The first-order valence-electron chi connectivity index (χ1n) is 10.2. The van der Waals surface area contributed by atoms with Crippen molar-refractivity contribution in [2.45, 2.75) is 58.0 Å². The molecule has 1 unspecified atom stereocenters. The number of rotatable bonds is 4. The van der Waals surface area contributed by atoms with Crippen LogP contribution in [0.3, 0.4) is 0 Å². The van der Waals surface area contributed by atoms with E-state index >= 15 is 0 Å². The molecule has 2 aliphatic heterocycles. The average Bonchev–Trinajstić information content (AvgIpc) is 2.67. The minimum absolute atomic E-state index is 0.111. The van der Waals surface area contributed by atoms with Crippen LogP contribution in [0.1, 0.15) is 56.6 Å². The van der Waals surface area contributed by atoms with Gasteiger partial charge >= 0.3 is 0 Å². The summed E-state index contributed by atoms with van der Waals surface area (Å²) in [4.78, 5) is 28.5. The molecule has 2 amide bonds. The first-order chi connectivity index (χ1) is 12.9. The molecule has 0 aromatic heterocycles. The van der Waals surface area contributed by atoms with E-state index < -0.39 is 0 Å². The van der Waals surface area contributed by atoms with Gasteiger partial charge in [0.25, 0.3) is 0 Å². The Morgan fingerprint density at radius 3 is 2.37 bits per heavy atom. The van der Waals surface area contributed by atoms with Gasteiger partial charge in [-0.05, 0) is 37.7 Å². The fourth-order valence-electron chi connectivity index (χ4n) is 4.26. The second-order valence-electron chi connectivity index (χ2n) is 8.07. The van der Waals surface area contributed by atoms with Crippen LogP contribution in [0.5, 0.6) is 0 Å². The number of benzene rings is 1. The molecule has 1 spiro atoms. The number of piperidine rings is 1. The molecule has 5 heteroatoms.